The molecule has 0 saturated carbocycles. The largest absolute Gasteiger partial charge is 0.480 e. The number of aliphatic carboxylic acids is 1. The van der Waals surface area contributed by atoms with E-state index < -0.39 is 17.9 Å². The minimum atomic E-state index is -1.06. The molecule has 2 rings (SSSR count). The molecule has 0 radical (unpaired) electrons. The smallest absolute Gasteiger partial charge is 0.326 e. The third-order valence-electron chi connectivity index (χ3n) is 4.02. The van der Waals surface area contributed by atoms with Gasteiger partial charge in [0.05, 0.1) is 4.91 Å². The molecule has 1 heterocycles. The molecule has 154 valence electrons. The van der Waals surface area contributed by atoms with Crippen molar-refractivity contribution in [3.63, 3.8) is 0 Å². The molecule has 0 unspecified atom stereocenters. The second-order valence-corrected chi connectivity index (χ2v) is 8.78. The SMILES string of the molecule is CSCC[C@H](NC(=O)CCN1C(=O)/C(=C\C=C\c2ccccc2)SC1=S)C(=O)O. The van der Waals surface area contributed by atoms with Crippen LogP contribution in [0.3, 0.4) is 0 Å². The summed E-state index contributed by atoms with van der Waals surface area (Å²) in [6.45, 7) is 0.116. The van der Waals surface area contributed by atoms with Crippen LogP contribution >= 0.6 is 35.7 Å². The Bertz CT molecular complexity index is 824. The van der Waals surface area contributed by atoms with Crippen molar-refractivity contribution >= 4 is 63.9 Å². The molecule has 9 heteroatoms. The van der Waals surface area contributed by atoms with Gasteiger partial charge < -0.3 is 10.4 Å². The van der Waals surface area contributed by atoms with Crippen molar-refractivity contribution in [3.05, 3.63) is 53.0 Å². The molecule has 0 aromatic heterocycles. The summed E-state index contributed by atoms with van der Waals surface area (Å²) >= 11 is 7.95. The van der Waals surface area contributed by atoms with Crippen LogP contribution in [-0.2, 0) is 14.4 Å². The van der Waals surface area contributed by atoms with Gasteiger partial charge in [-0.05, 0) is 30.1 Å². The summed E-state index contributed by atoms with van der Waals surface area (Å²) < 4.78 is 0.388. The van der Waals surface area contributed by atoms with Crippen LogP contribution in [-0.4, -0.2) is 56.7 Å². The van der Waals surface area contributed by atoms with Gasteiger partial charge in [-0.15, -0.1) is 0 Å². The molecule has 29 heavy (non-hydrogen) atoms. The predicted octanol–water partition coefficient (Wildman–Crippen LogP) is 3.16. The summed E-state index contributed by atoms with van der Waals surface area (Å²) in [4.78, 5) is 37.7. The van der Waals surface area contributed by atoms with Gasteiger partial charge in [0.15, 0.2) is 0 Å². The Morgan fingerprint density at radius 2 is 2.07 bits per heavy atom. The highest BCUT2D eigenvalue weighted by molar-refractivity contribution is 8.26. The highest BCUT2D eigenvalue weighted by Crippen LogP contribution is 2.31. The molecular formula is C20H22N2O4S3. The summed E-state index contributed by atoms with van der Waals surface area (Å²) in [6, 6.07) is 8.78. The molecule has 6 nitrogen and oxygen atoms in total. The summed E-state index contributed by atoms with van der Waals surface area (Å²) in [5.74, 6) is -1.10. The Labute approximate surface area is 183 Å². The Morgan fingerprint density at radius 3 is 2.72 bits per heavy atom. The van der Waals surface area contributed by atoms with Gasteiger partial charge in [0, 0.05) is 13.0 Å². The van der Waals surface area contributed by atoms with Crippen LogP contribution < -0.4 is 5.32 Å². The van der Waals surface area contributed by atoms with E-state index in [-0.39, 0.29) is 18.9 Å². The van der Waals surface area contributed by atoms with Crippen molar-refractivity contribution in [1.82, 2.24) is 10.2 Å². The van der Waals surface area contributed by atoms with Crippen LogP contribution in [0, 0.1) is 0 Å². The van der Waals surface area contributed by atoms with E-state index in [1.54, 1.807) is 12.2 Å². The van der Waals surface area contributed by atoms with Gasteiger partial charge in [0.1, 0.15) is 10.4 Å². The van der Waals surface area contributed by atoms with E-state index >= 15 is 0 Å². The normalized spacial score (nSPS) is 16.6. The number of thiocarbonyl (C=S) groups is 1. The van der Waals surface area contributed by atoms with Crippen LogP contribution in [0.15, 0.2) is 47.4 Å². The fourth-order valence-electron chi connectivity index (χ4n) is 2.49. The van der Waals surface area contributed by atoms with Gasteiger partial charge in [-0.25, -0.2) is 4.79 Å². The number of benzene rings is 1. The molecule has 1 fully saturated rings. The second-order valence-electron chi connectivity index (χ2n) is 6.12. The number of carbonyl (C=O) groups is 3. The fraction of sp³-hybridized carbons (Fsp3) is 0.300. The zero-order chi connectivity index (χ0) is 21.2. The maximum Gasteiger partial charge on any atom is 0.326 e. The number of rotatable bonds is 10. The number of carboxylic acids is 1. The molecule has 0 spiro atoms. The Hall–Kier alpha value is -2.10. The first-order chi connectivity index (χ1) is 13.9. The predicted molar refractivity (Wildman–Crippen MR) is 123 cm³/mol. The molecular weight excluding hydrogens is 428 g/mol. The first-order valence-electron chi connectivity index (χ1n) is 8.90. The Morgan fingerprint density at radius 1 is 1.34 bits per heavy atom. The standard InChI is InChI=1S/C20H22N2O4S3/c1-28-13-11-15(19(25)26)21-17(23)10-12-22-18(24)16(29-20(22)27)9-5-8-14-6-3-2-4-7-14/h2-9,15H,10-13H2,1H3,(H,21,23)(H,25,26)/b8-5+,16-9+/t15-/m0/s1. The highest BCUT2D eigenvalue weighted by atomic mass is 32.2. The Kier molecular flexibility index (Phi) is 9.43. The van der Waals surface area contributed by atoms with Gasteiger partial charge in [0.2, 0.25) is 5.91 Å². The van der Waals surface area contributed by atoms with Crippen molar-refractivity contribution in [1.29, 1.82) is 0 Å². The van der Waals surface area contributed by atoms with Gasteiger partial charge in [-0.3, -0.25) is 14.5 Å². The van der Waals surface area contributed by atoms with Crippen LogP contribution in [0.5, 0.6) is 0 Å². The number of hydrogen-bond donors (Lipinski definition) is 2. The number of carboxylic acid groups (broad SMARTS) is 1. The van der Waals surface area contributed by atoms with Crippen LogP contribution in [0.25, 0.3) is 6.08 Å². The van der Waals surface area contributed by atoms with Crippen LogP contribution in [0.1, 0.15) is 18.4 Å². The molecule has 1 aliphatic heterocycles. The fourth-order valence-corrected chi connectivity index (χ4v) is 4.22. The summed E-state index contributed by atoms with van der Waals surface area (Å²) in [5, 5.41) is 11.7. The van der Waals surface area contributed by atoms with E-state index in [0.29, 0.717) is 21.4 Å². The van der Waals surface area contributed by atoms with Gasteiger partial charge in [0.25, 0.3) is 5.91 Å². The summed E-state index contributed by atoms with van der Waals surface area (Å²) in [5.41, 5.74) is 1.02. The van der Waals surface area contributed by atoms with E-state index in [0.717, 1.165) is 5.56 Å². The van der Waals surface area contributed by atoms with Gasteiger partial charge in [-0.2, -0.15) is 11.8 Å². The number of carbonyl (C=O) groups excluding carboxylic acids is 2. The van der Waals surface area contributed by atoms with E-state index in [9.17, 15) is 19.5 Å². The first-order valence-corrected chi connectivity index (χ1v) is 11.5. The van der Waals surface area contributed by atoms with Gasteiger partial charge >= 0.3 is 5.97 Å². The summed E-state index contributed by atoms with van der Waals surface area (Å²) in [7, 11) is 0. The third-order valence-corrected chi connectivity index (χ3v) is 6.06. The van der Waals surface area contributed by atoms with E-state index in [2.05, 4.69) is 5.32 Å². The second kappa shape index (κ2) is 11.8. The van der Waals surface area contributed by atoms with Crippen LogP contribution in [0.4, 0.5) is 0 Å². The number of amides is 2. The lowest BCUT2D eigenvalue weighted by molar-refractivity contribution is -0.142. The topological polar surface area (TPSA) is 86.7 Å². The zero-order valence-corrected chi connectivity index (χ0v) is 18.3. The lowest BCUT2D eigenvalue weighted by Crippen LogP contribution is -2.42. The molecule has 1 aromatic rings. The van der Waals surface area contributed by atoms with Gasteiger partial charge in [-0.1, -0.05) is 66.5 Å². The molecule has 2 N–H and O–H groups in total. The van der Waals surface area contributed by atoms with Crippen molar-refractivity contribution in [3.8, 4) is 0 Å². The number of hydrogen-bond acceptors (Lipinski definition) is 6. The Balaban J connectivity index is 1.89. The van der Waals surface area contributed by atoms with Crippen molar-refractivity contribution in [2.45, 2.75) is 18.9 Å². The molecule has 2 amide bonds. The van der Waals surface area contributed by atoms with Crippen LogP contribution in [0.2, 0.25) is 0 Å². The number of nitrogens with zero attached hydrogens (tertiary/aromatic N) is 1. The minimum absolute atomic E-state index is 0.0113. The number of allylic oxidation sites excluding steroid dienone is 2. The van der Waals surface area contributed by atoms with E-state index in [1.807, 2.05) is 42.7 Å². The molecule has 1 aliphatic rings. The van der Waals surface area contributed by atoms with Crippen molar-refractivity contribution < 1.29 is 19.5 Å². The van der Waals surface area contributed by atoms with E-state index in [1.165, 1.54) is 28.4 Å². The lowest BCUT2D eigenvalue weighted by atomic mass is 10.2. The first kappa shape index (κ1) is 23.2. The molecule has 1 saturated heterocycles. The quantitative estimate of drug-likeness (QED) is 0.418. The third kappa shape index (κ3) is 7.34. The monoisotopic (exact) mass is 450 g/mol. The molecule has 1 aromatic carbocycles. The lowest BCUT2D eigenvalue weighted by Gasteiger charge is -2.17. The summed E-state index contributed by atoms with van der Waals surface area (Å²) in [6.07, 6.45) is 7.59. The molecule has 0 aliphatic carbocycles. The molecule has 1 atom stereocenters. The molecule has 0 bridgehead atoms. The van der Waals surface area contributed by atoms with Crippen molar-refractivity contribution in [2.75, 3.05) is 18.6 Å². The number of thioether (sulfide) groups is 2. The zero-order valence-electron chi connectivity index (χ0n) is 15.9. The maximum atomic E-state index is 12.5. The number of nitrogens with one attached hydrogen (secondary N) is 1. The minimum Gasteiger partial charge on any atom is -0.480 e. The average molecular weight is 451 g/mol. The van der Waals surface area contributed by atoms with E-state index in [4.69, 9.17) is 12.2 Å². The maximum absolute atomic E-state index is 12.5. The highest BCUT2D eigenvalue weighted by Gasteiger charge is 2.32. The average Bonchev–Trinajstić information content (AvgIpc) is 2.97. The van der Waals surface area contributed by atoms with Crippen molar-refractivity contribution in [2.24, 2.45) is 0 Å².